The lowest BCUT2D eigenvalue weighted by molar-refractivity contribution is -0.118. The molecular formula is C26H31N3O3S2. The number of thiophene rings is 1. The van der Waals surface area contributed by atoms with Crippen molar-refractivity contribution in [3.8, 4) is 0 Å². The number of amides is 1. The molecular weight excluding hydrogens is 466 g/mol. The van der Waals surface area contributed by atoms with Crippen LogP contribution in [0.5, 0.6) is 0 Å². The zero-order chi connectivity index (χ0) is 23.7. The topological polar surface area (TPSA) is 73.2 Å². The zero-order valence-corrected chi connectivity index (χ0v) is 21.4. The van der Waals surface area contributed by atoms with Gasteiger partial charge in [0.2, 0.25) is 5.91 Å². The number of fused-ring (bicyclic) bond motifs is 3. The van der Waals surface area contributed by atoms with Crippen molar-refractivity contribution in [2.24, 2.45) is 5.92 Å². The van der Waals surface area contributed by atoms with Gasteiger partial charge in [-0.15, -0.1) is 11.3 Å². The van der Waals surface area contributed by atoms with Gasteiger partial charge >= 0.3 is 0 Å². The van der Waals surface area contributed by atoms with Crippen LogP contribution in [-0.2, 0) is 35.5 Å². The molecule has 0 saturated carbocycles. The molecule has 1 N–H and O–H groups in total. The van der Waals surface area contributed by atoms with Crippen LogP contribution in [0.25, 0.3) is 10.2 Å². The molecule has 2 aromatic heterocycles. The van der Waals surface area contributed by atoms with E-state index >= 15 is 0 Å². The monoisotopic (exact) mass is 497 g/mol. The van der Waals surface area contributed by atoms with Crippen molar-refractivity contribution in [1.29, 1.82) is 0 Å². The fourth-order valence-corrected chi connectivity index (χ4v) is 7.11. The van der Waals surface area contributed by atoms with E-state index in [-0.39, 0.29) is 23.3 Å². The van der Waals surface area contributed by atoms with E-state index in [1.54, 1.807) is 15.9 Å². The Morgan fingerprint density at radius 3 is 2.97 bits per heavy atom. The minimum absolute atomic E-state index is 0.0235. The molecule has 0 radical (unpaired) electrons. The SMILES string of the molecule is Cc1ccccc1CNC(=O)CSc1nc2sc3c(c2c(=O)n1CC1CCCO1)CCC(C)C3. The summed E-state index contributed by atoms with van der Waals surface area (Å²) in [7, 11) is 0. The second-order valence-electron chi connectivity index (χ2n) is 9.47. The van der Waals surface area contributed by atoms with E-state index in [9.17, 15) is 9.59 Å². The van der Waals surface area contributed by atoms with Gasteiger partial charge in [0.1, 0.15) is 4.83 Å². The van der Waals surface area contributed by atoms with E-state index in [1.165, 1.54) is 22.2 Å². The highest BCUT2D eigenvalue weighted by Gasteiger charge is 2.26. The fraction of sp³-hybridized carbons (Fsp3) is 0.500. The second-order valence-corrected chi connectivity index (χ2v) is 11.5. The summed E-state index contributed by atoms with van der Waals surface area (Å²) in [6, 6.07) is 8.04. The van der Waals surface area contributed by atoms with Crippen molar-refractivity contribution in [2.45, 2.75) is 70.3 Å². The Bertz CT molecular complexity index is 1260. The number of aromatic nitrogens is 2. The van der Waals surface area contributed by atoms with Gasteiger partial charge in [-0.25, -0.2) is 4.98 Å². The molecule has 2 unspecified atom stereocenters. The molecule has 6 nitrogen and oxygen atoms in total. The third-order valence-corrected chi connectivity index (χ3v) is 8.98. The average Bonchev–Trinajstić information content (AvgIpc) is 3.46. The summed E-state index contributed by atoms with van der Waals surface area (Å²) in [6.07, 6.45) is 5.07. The molecule has 180 valence electrons. The number of hydrogen-bond acceptors (Lipinski definition) is 6. The van der Waals surface area contributed by atoms with Crippen LogP contribution in [-0.4, -0.2) is 33.9 Å². The summed E-state index contributed by atoms with van der Waals surface area (Å²) < 4.78 is 7.60. The standard InChI is InChI=1S/C26H31N3O3S2/c1-16-9-10-20-21(12-16)34-24-23(20)25(31)29(14-19-8-5-11-32-19)26(28-24)33-15-22(30)27-13-18-7-4-3-6-17(18)2/h3-4,6-7,16,19H,5,8-15H2,1-2H3,(H,27,30). The lowest BCUT2D eigenvalue weighted by Crippen LogP contribution is -2.30. The van der Waals surface area contributed by atoms with Gasteiger partial charge in [-0.3, -0.25) is 14.2 Å². The molecule has 1 aliphatic carbocycles. The lowest BCUT2D eigenvalue weighted by atomic mass is 9.89. The highest BCUT2D eigenvalue weighted by atomic mass is 32.2. The predicted molar refractivity (Wildman–Crippen MR) is 138 cm³/mol. The molecule has 0 spiro atoms. The van der Waals surface area contributed by atoms with Gasteiger partial charge in [-0.2, -0.15) is 0 Å². The number of thioether (sulfide) groups is 1. The molecule has 3 heterocycles. The third kappa shape index (κ3) is 4.95. The average molecular weight is 498 g/mol. The molecule has 3 aromatic rings. The van der Waals surface area contributed by atoms with Gasteiger partial charge in [0.05, 0.1) is 23.8 Å². The van der Waals surface area contributed by atoms with Crippen LogP contribution in [0.15, 0.2) is 34.2 Å². The highest BCUT2D eigenvalue weighted by molar-refractivity contribution is 7.99. The molecule has 8 heteroatoms. The molecule has 1 aromatic carbocycles. The van der Waals surface area contributed by atoms with Crippen LogP contribution in [0, 0.1) is 12.8 Å². The highest BCUT2D eigenvalue weighted by Crippen LogP contribution is 2.36. The van der Waals surface area contributed by atoms with Crippen molar-refractivity contribution in [1.82, 2.24) is 14.9 Å². The third-order valence-electron chi connectivity index (χ3n) is 6.86. The number of benzene rings is 1. The number of aryl methyl sites for hydroxylation is 2. The van der Waals surface area contributed by atoms with Gasteiger partial charge in [-0.05, 0) is 61.6 Å². The van der Waals surface area contributed by atoms with Crippen molar-refractivity contribution in [3.05, 3.63) is 56.2 Å². The van der Waals surface area contributed by atoms with E-state index in [0.29, 0.717) is 24.2 Å². The number of carbonyl (C=O) groups is 1. The van der Waals surface area contributed by atoms with Crippen molar-refractivity contribution < 1.29 is 9.53 Å². The molecule has 34 heavy (non-hydrogen) atoms. The number of hydrogen-bond donors (Lipinski definition) is 1. The fourth-order valence-electron chi connectivity index (χ4n) is 4.85. The van der Waals surface area contributed by atoms with E-state index in [0.717, 1.165) is 60.1 Å². The van der Waals surface area contributed by atoms with Crippen molar-refractivity contribution in [3.63, 3.8) is 0 Å². The number of ether oxygens (including phenoxy) is 1. The maximum atomic E-state index is 13.7. The van der Waals surface area contributed by atoms with Crippen LogP contribution in [0.3, 0.4) is 0 Å². The molecule has 1 saturated heterocycles. The van der Waals surface area contributed by atoms with Crippen LogP contribution in [0.4, 0.5) is 0 Å². The first-order chi connectivity index (χ1) is 16.5. The first kappa shape index (κ1) is 23.6. The molecule has 5 rings (SSSR count). The van der Waals surface area contributed by atoms with E-state index in [1.807, 2.05) is 31.2 Å². The summed E-state index contributed by atoms with van der Waals surface area (Å²) >= 11 is 3.00. The van der Waals surface area contributed by atoms with E-state index in [2.05, 4.69) is 12.2 Å². The Hall–Kier alpha value is -2.16. The molecule has 2 aliphatic rings. The van der Waals surface area contributed by atoms with E-state index in [4.69, 9.17) is 9.72 Å². The van der Waals surface area contributed by atoms with Gasteiger partial charge in [0.25, 0.3) is 5.56 Å². The first-order valence-electron chi connectivity index (χ1n) is 12.1. The lowest BCUT2D eigenvalue weighted by Gasteiger charge is -2.18. The van der Waals surface area contributed by atoms with Gasteiger partial charge in [-0.1, -0.05) is 43.0 Å². The number of nitrogens with one attached hydrogen (secondary N) is 1. The molecule has 1 fully saturated rings. The summed E-state index contributed by atoms with van der Waals surface area (Å²) in [5.74, 6) is 0.795. The Balaban J connectivity index is 1.39. The maximum Gasteiger partial charge on any atom is 0.263 e. The summed E-state index contributed by atoms with van der Waals surface area (Å²) in [5, 5.41) is 4.41. The smallest absolute Gasteiger partial charge is 0.263 e. The Morgan fingerprint density at radius 1 is 1.32 bits per heavy atom. The summed E-state index contributed by atoms with van der Waals surface area (Å²) in [5.41, 5.74) is 3.48. The Labute approximate surface area is 208 Å². The quantitative estimate of drug-likeness (QED) is 0.385. The van der Waals surface area contributed by atoms with Gasteiger partial charge < -0.3 is 10.1 Å². The Morgan fingerprint density at radius 2 is 2.18 bits per heavy atom. The van der Waals surface area contributed by atoms with E-state index < -0.39 is 0 Å². The normalized spacial score (nSPS) is 19.9. The van der Waals surface area contributed by atoms with Crippen LogP contribution in [0.1, 0.15) is 47.8 Å². The van der Waals surface area contributed by atoms with Crippen LogP contribution >= 0.6 is 23.1 Å². The number of carbonyl (C=O) groups excluding carboxylic acids is 1. The van der Waals surface area contributed by atoms with Crippen LogP contribution in [0.2, 0.25) is 0 Å². The zero-order valence-electron chi connectivity index (χ0n) is 19.8. The number of rotatable bonds is 7. The van der Waals surface area contributed by atoms with Gasteiger partial charge in [0.15, 0.2) is 5.16 Å². The summed E-state index contributed by atoms with van der Waals surface area (Å²) in [4.78, 5) is 33.4. The molecule has 1 aliphatic heterocycles. The Kier molecular flexibility index (Phi) is 7.09. The summed E-state index contributed by atoms with van der Waals surface area (Å²) in [6.45, 7) is 6.05. The molecule has 2 atom stereocenters. The molecule has 0 bridgehead atoms. The minimum atomic E-state index is -0.0643. The largest absolute Gasteiger partial charge is 0.376 e. The minimum Gasteiger partial charge on any atom is -0.376 e. The van der Waals surface area contributed by atoms with Crippen LogP contribution < -0.4 is 10.9 Å². The predicted octanol–water partition coefficient (Wildman–Crippen LogP) is 4.48. The molecule has 1 amide bonds. The first-order valence-corrected chi connectivity index (χ1v) is 13.9. The van der Waals surface area contributed by atoms with Gasteiger partial charge in [0, 0.05) is 18.0 Å². The van der Waals surface area contributed by atoms with Crippen molar-refractivity contribution >= 4 is 39.2 Å². The number of nitrogens with zero attached hydrogens (tertiary/aromatic N) is 2. The maximum absolute atomic E-state index is 13.7. The van der Waals surface area contributed by atoms with Crippen molar-refractivity contribution in [2.75, 3.05) is 12.4 Å². The second kappa shape index (κ2) is 10.2.